The average molecular weight is 225 g/mol. The summed E-state index contributed by atoms with van der Waals surface area (Å²) in [5.74, 6) is -0.289. The number of hydrogen-bond donors (Lipinski definition) is 1. The van der Waals surface area contributed by atoms with Crippen molar-refractivity contribution in [1.82, 2.24) is 4.90 Å². The minimum Gasteiger partial charge on any atom is -0.368 e. The van der Waals surface area contributed by atoms with Gasteiger partial charge in [-0.1, -0.05) is 23.7 Å². The van der Waals surface area contributed by atoms with Gasteiger partial charge in [0.25, 0.3) is 0 Å². The van der Waals surface area contributed by atoms with E-state index in [4.69, 9.17) is 17.3 Å². The van der Waals surface area contributed by atoms with Crippen LogP contribution in [0.4, 0.5) is 0 Å². The fourth-order valence-corrected chi connectivity index (χ4v) is 2.30. The zero-order chi connectivity index (χ0) is 11.0. The molecule has 0 radical (unpaired) electrons. The number of halogens is 1. The molecular weight excluding hydrogens is 212 g/mol. The first-order valence-electron chi connectivity index (χ1n) is 4.85. The number of nitrogens with two attached hydrogens (primary N) is 1. The SMILES string of the molecule is CN1Cc2cccc(Cl)c2CC1C(N)=O. The maximum absolute atomic E-state index is 11.2. The molecular formula is C11H13ClN2O. The minimum absolute atomic E-state index is 0.239. The third kappa shape index (κ3) is 1.85. The predicted molar refractivity (Wildman–Crippen MR) is 59.6 cm³/mol. The van der Waals surface area contributed by atoms with Crippen molar-refractivity contribution in [3.63, 3.8) is 0 Å². The molecule has 2 rings (SSSR count). The molecule has 0 fully saturated rings. The summed E-state index contributed by atoms with van der Waals surface area (Å²) >= 11 is 6.09. The van der Waals surface area contributed by atoms with Crippen LogP contribution in [0.3, 0.4) is 0 Å². The Morgan fingerprint density at radius 2 is 2.33 bits per heavy atom. The minimum atomic E-state index is -0.289. The van der Waals surface area contributed by atoms with Crippen LogP contribution in [-0.4, -0.2) is 23.9 Å². The van der Waals surface area contributed by atoms with E-state index in [0.717, 1.165) is 17.1 Å². The molecule has 0 saturated heterocycles. The van der Waals surface area contributed by atoms with E-state index in [0.29, 0.717) is 6.42 Å². The van der Waals surface area contributed by atoms with Gasteiger partial charge in [0.1, 0.15) is 0 Å². The monoisotopic (exact) mass is 224 g/mol. The number of nitrogens with zero attached hydrogens (tertiary/aromatic N) is 1. The van der Waals surface area contributed by atoms with Gasteiger partial charge in [0, 0.05) is 11.6 Å². The van der Waals surface area contributed by atoms with Crippen molar-refractivity contribution in [2.24, 2.45) is 5.73 Å². The first kappa shape index (κ1) is 10.5. The average Bonchev–Trinajstić information content (AvgIpc) is 2.16. The van der Waals surface area contributed by atoms with Gasteiger partial charge in [-0.05, 0) is 30.7 Å². The molecule has 2 N–H and O–H groups in total. The van der Waals surface area contributed by atoms with E-state index < -0.39 is 0 Å². The van der Waals surface area contributed by atoms with Gasteiger partial charge >= 0.3 is 0 Å². The molecule has 0 aliphatic carbocycles. The molecule has 1 aromatic carbocycles. The van der Waals surface area contributed by atoms with Gasteiger partial charge in [-0.2, -0.15) is 0 Å². The van der Waals surface area contributed by atoms with Gasteiger partial charge in [-0.3, -0.25) is 9.69 Å². The Morgan fingerprint density at radius 3 is 3.00 bits per heavy atom. The van der Waals surface area contributed by atoms with Crippen LogP contribution in [0, 0.1) is 0 Å². The fraction of sp³-hybridized carbons (Fsp3) is 0.364. The molecule has 0 spiro atoms. The maximum atomic E-state index is 11.2. The van der Waals surface area contributed by atoms with E-state index in [1.165, 1.54) is 5.56 Å². The van der Waals surface area contributed by atoms with Crippen LogP contribution in [0.25, 0.3) is 0 Å². The Morgan fingerprint density at radius 1 is 1.60 bits per heavy atom. The van der Waals surface area contributed by atoms with Crippen molar-refractivity contribution < 1.29 is 4.79 Å². The second-order valence-corrected chi connectivity index (χ2v) is 4.32. The van der Waals surface area contributed by atoms with Crippen molar-refractivity contribution in [1.29, 1.82) is 0 Å². The topological polar surface area (TPSA) is 46.3 Å². The lowest BCUT2D eigenvalue weighted by Gasteiger charge is -2.32. The van der Waals surface area contributed by atoms with Crippen molar-refractivity contribution in [2.45, 2.75) is 19.0 Å². The highest BCUT2D eigenvalue weighted by Gasteiger charge is 2.28. The number of primary amides is 1. The van der Waals surface area contributed by atoms with E-state index in [-0.39, 0.29) is 11.9 Å². The largest absolute Gasteiger partial charge is 0.368 e. The molecule has 4 heteroatoms. The summed E-state index contributed by atoms with van der Waals surface area (Å²) < 4.78 is 0. The molecule has 0 aromatic heterocycles. The summed E-state index contributed by atoms with van der Waals surface area (Å²) in [5, 5.41) is 0.729. The normalized spacial score (nSPS) is 21.1. The molecule has 1 aliphatic rings. The molecule has 0 bridgehead atoms. The highest BCUT2D eigenvalue weighted by molar-refractivity contribution is 6.31. The first-order chi connectivity index (χ1) is 7.09. The van der Waals surface area contributed by atoms with E-state index in [2.05, 4.69) is 0 Å². The van der Waals surface area contributed by atoms with E-state index in [9.17, 15) is 4.79 Å². The van der Waals surface area contributed by atoms with Crippen LogP contribution < -0.4 is 5.73 Å². The number of carbonyl (C=O) groups is 1. The Balaban J connectivity index is 2.39. The quantitative estimate of drug-likeness (QED) is 0.779. The molecule has 1 unspecified atom stereocenters. The van der Waals surface area contributed by atoms with Gasteiger partial charge in [-0.15, -0.1) is 0 Å². The Bertz CT molecular complexity index is 406. The van der Waals surface area contributed by atoms with Crippen LogP contribution in [0.15, 0.2) is 18.2 Å². The Hall–Kier alpha value is -1.06. The molecule has 15 heavy (non-hydrogen) atoms. The summed E-state index contributed by atoms with van der Waals surface area (Å²) in [4.78, 5) is 13.2. The number of likely N-dealkylation sites (N-methyl/N-ethyl adjacent to an activating group) is 1. The van der Waals surface area contributed by atoms with Crippen molar-refractivity contribution in [3.8, 4) is 0 Å². The molecule has 1 atom stereocenters. The second-order valence-electron chi connectivity index (χ2n) is 3.91. The second kappa shape index (κ2) is 3.83. The number of benzene rings is 1. The lowest BCUT2D eigenvalue weighted by molar-refractivity contribution is -0.123. The van der Waals surface area contributed by atoms with Gasteiger partial charge in [0.15, 0.2) is 0 Å². The summed E-state index contributed by atoms with van der Waals surface area (Å²) in [6.07, 6.45) is 0.612. The lowest BCUT2D eigenvalue weighted by atomic mass is 9.94. The lowest BCUT2D eigenvalue weighted by Crippen LogP contribution is -2.46. The number of hydrogen-bond acceptors (Lipinski definition) is 2. The zero-order valence-corrected chi connectivity index (χ0v) is 9.29. The maximum Gasteiger partial charge on any atom is 0.235 e. The number of rotatable bonds is 1. The molecule has 1 amide bonds. The Labute approximate surface area is 93.8 Å². The van der Waals surface area contributed by atoms with E-state index >= 15 is 0 Å². The van der Waals surface area contributed by atoms with Crippen molar-refractivity contribution >= 4 is 17.5 Å². The highest BCUT2D eigenvalue weighted by atomic mass is 35.5. The van der Waals surface area contributed by atoms with Gasteiger partial charge in [0.2, 0.25) is 5.91 Å². The van der Waals surface area contributed by atoms with Crippen LogP contribution in [0.2, 0.25) is 5.02 Å². The number of carbonyl (C=O) groups excluding carboxylic acids is 1. The standard InChI is InChI=1S/C11H13ClN2O/c1-14-6-7-3-2-4-9(12)8(7)5-10(14)11(13)15/h2-4,10H,5-6H2,1H3,(H2,13,15). The van der Waals surface area contributed by atoms with Gasteiger partial charge in [-0.25, -0.2) is 0 Å². The Kier molecular flexibility index (Phi) is 2.67. The van der Waals surface area contributed by atoms with Crippen molar-refractivity contribution in [2.75, 3.05) is 7.05 Å². The molecule has 0 saturated carbocycles. The fourth-order valence-electron chi connectivity index (χ4n) is 2.03. The number of fused-ring (bicyclic) bond motifs is 1. The smallest absolute Gasteiger partial charge is 0.235 e. The van der Waals surface area contributed by atoms with Crippen LogP contribution in [0.1, 0.15) is 11.1 Å². The molecule has 80 valence electrons. The van der Waals surface area contributed by atoms with Crippen LogP contribution in [-0.2, 0) is 17.8 Å². The summed E-state index contributed by atoms with van der Waals surface area (Å²) in [5.41, 5.74) is 7.58. The van der Waals surface area contributed by atoms with Gasteiger partial charge < -0.3 is 5.73 Å². The molecule has 1 heterocycles. The van der Waals surface area contributed by atoms with E-state index in [1.807, 2.05) is 30.1 Å². The summed E-state index contributed by atoms with van der Waals surface area (Å²) in [6.45, 7) is 0.726. The van der Waals surface area contributed by atoms with Crippen LogP contribution >= 0.6 is 11.6 Å². The highest BCUT2D eigenvalue weighted by Crippen LogP contribution is 2.27. The third-order valence-corrected chi connectivity index (χ3v) is 3.25. The predicted octanol–water partition coefficient (Wildman–Crippen LogP) is 1.18. The third-order valence-electron chi connectivity index (χ3n) is 2.89. The zero-order valence-electron chi connectivity index (χ0n) is 8.53. The van der Waals surface area contributed by atoms with Crippen molar-refractivity contribution in [3.05, 3.63) is 34.3 Å². The van der Waals surface area contributed by atoms with Crippen LogP contribution in [0.5, 0.6) is 0 Å². The van der Waals surface area contributed by atoms with Gasteiger partial charge in [0.05, 0.1) is 6.04 Å². The molecule has 1 aliphatic heterocycles. The number of amides is 1. The summed E-state index contributed by atoms with van der Waals surface area (Å²) in [6, 6.07) is 5.58. The first-order valence-corrected chi connectivity index (χ1v) is 5.23. The summed E-state index contributed by atoms with van der Waals surface area (Å²) in [7, 11) is 1.90. The molecule has 3 nitrogen and oxygen atoms in total. The van der Waals surface area contributed by atoms with E-state index in [1.54, 1.807) is 0 Å². The molecule has 1 aromatic rings.